The smallest absolute Gasteiger partial charge is 0.184 e. The predicted octanol–water partition coefficient (Wildman–Crippen LogP) is 2.33. The summed E-state index contributed by atoms with van der Waals surface area (Å²) in [6, 6.07) is 7.57. The molecule has 4 nitrogen and oxygen atoms in total. The first-order valence-corrected chi connectivity index (χ1v) is 6.11. The molecule has 0 radical (unpaired) electrons. The molecule has 0 saturated carbocycles. The number of carbonyl (C=O) groups excluding carboxylic acids is 1. The van der Waals surface area contributed by atoms with Gasteiger partial charge in [0.05, 0.1) is 19.8 Å². The largest absolute Gasteiger partial charge is 0.497 e. The monoisotopic (exact) mass is 250 g/mol. The van der Waals surface area contributed by atoms with Crippen LogP contribution in [0.5, 0.6) is 5.75 Å². The SMILES string of the molecule is COc1ccc(C2OCC[C@H]([C@@H](C)C=O)O2)cc1. The van der Waals surface area contributed by atoms with E-state index in [-0.39, 0.29) is 12.0 Å². The molecule has 1 aromatic carbocycles. The molecule has 1 aliphatic rings. The molecule has 0 N–H and O–H groups in total. The Balaban J connectivity index is 2.05. The third kappa shape index (κ3) is 2.89. The third-order valence-electron chi connectivity index (χ3n) is 3.16. The molecular weight excluding hydrogens is 232 g/mol. The van der Waals surface area contributed by atoms with Gasteiger partial charge in [0, 0.05) is 11.5 Å². The van der Waals surface area contributed by atoms with Crippen molar-refractivity contribution >= 4 is 6.29 Å². The molecule has 2 rings (SSSR count). The van der Waals surface area contributed by atoms with Crippen LogP contribution < -0.4 is 4.74 Å². The minimum absolute atomic E-state index is 0.0663. The molecule has 1 saturated heterocycles. The molecule has 18 heavy (non-hydrogen) atoms. The maximum Gasteiger partial charge on any atom is 0.184 e. The lowest BCUT2D eigenvalue weighted by Gasteiger charge is -2.32. The summed E-state index contributed by atoms with van der Waals surface area (Å²) >= 11 is 0. The van der Waals surface area contributed by atoms with E-state index in [1.165, 1.54) is 0 Å². The van der Waals surface area contributed by atoms with E-state index in [9.17, 15) is 4.79 Å². The van der Waals surface area contributed by atoms with Crippen molar-refractivity contribution < 1.29 is 19.0 Å². The second kappa shape index (κ2) is 5.98. The molecule has 1 aliphatic heterocycles. The second-order valence-corrected chi connectivity index (χ2v) is 4.43. The zero-order valence-electron chi connectivity index (χ0n) is 10.7. The minimum atomic E-state index is -0.392. The van der Waals surface area contributed by atoms with Crippen molar-refractivity contribution in [1.29, 1.82) is 0 Å². The zero-order valence-corrected chi connectivity index (χ0v) is 10.7. The highest BCUT2D eigenvalue weighted by molar-refractivity contribution is 5.53. The molecule has 0 amide bonds. The third-order valence-corrected chi connectivity index (χ3v) is 3.16. The Bertz CT molecular complexity index is 387. The van der Waals surface area contributed by atoms with Crippen LogP contribution in [0, 0.1) is 5.92 Å². The fourth-order valence-electron chi connectivity index (χ4n) is 1.97. The van der Waals surface area contributed by atoms with Gasteiger partial charge in [-0.15, -0.1) is 0 Å². The van der Waals surface area contributed by atoms with E-state index in [1.54, 1.807) is 7.11 Å². The number of rotatable bonds is 4. The van der Waals surface area contributed by atoms with Gasteiger partial charge in [0.25, 0.3) is 0 Å². The fraction of sp³-hybridized carbons (Fsp3) is 0.500. The lowest BCUT2D eigenvalue weighted by molar-refractivity contribution is -0.225. The van der Waals surface area contributed by atoms with Crippen molar-refractivity contribution in [3.8, 4) is 5.75 Å². The Morgan fingerprint density at radius 1 is 1.39 bits per heavy atom. The summed E-state index contributed by atoms with van der Waals surface area (Å²) < 4.78 is 16.5. The van der Waals surface area contributed by atoms with E-state index in [0.717, 1.165) is 24.0 Å². The van der Waals surface area contributed by atoms with E-state index in [1.807, 2.05) is 31.2 Å². The van der Waals surface area contributed by atoms with E-state index >= 15 is 0 Å². The van der Waals surface area contributed by atoms with Gasteiger partial charge in [-0.3, -0.25) is 0 Å². The van der Waals surface area contributed by atoms with Gasteiger partial charge < -0.3 is 19.0 Å². The van der Waals surface area contributed by atoms with Crippen LogP contribution in [0.25, 0.3) is 0 Å². The Labute approximate surface area is 107 Å². The van der Waals surface area contributed by atoms with Gasteiger partial charge >= 0.3 is 0 Å². The van der Waals surface area contributed by atoms with Gasteiger partial charge in [0.1, 0.15) is 12.0 Å². The first-order chi connectivity index (χ1) is 8.74. The number of methoxy groups -OCH3 is 1. The molecular formula is C14H18O4. The average Bonchev–Trinajstić information content (AvgIpc) is 2.46. The predicted molar refractivity (Wildman–Crippen MR) is 66.4 cm³/mol. The number of ether oxygens (including phenoxy) is 3. The van der Waals surface area contributed by atoms with Crippen molar-refractivity contribution in [2.24, 2.45) is 5.92 Å². The van der Waals surface area contributed by atoms with Gasteiger partial charge in [-0.1, -0.05) is 19.1 Å². The van der Waals surface area contributed by atoms with Crippen LogP contribution in [0.15, 0.2) is 24.3 Å². The number of hydrogen-bond donors (Lipinski definition) is 0. The number of aldehydes is 1. The molecule has 98 valence electrons. The molecule has 1 heterocycles. The van der Waals surface area contributed by atoms with Crippen LogP contribution in [0.1, 0.15) is 25.2 Å². The maximum absolute atomic E-state index is 10.8. The Hall–Kier alpha value is -1.39. The number of hydrogen-bond acceptors (Lipinski definition) is 4. The van der Waals surface area contributed by atoms with Crippen LogP contribution in [0.3, 0.4) is 0 Å². The second-order valence-electron chi connectivity index (χ2n) is 4.43. The van der Waals surface area contributed by atoms with E-state index in [4.69, 9.17) is 14.2 Å². The van der Waals surface area contributed by atoms with Crippen LogP contribution in [0.2, 0.25) is 0 Å². The Morgan fingerprint density at radius 3 is 2.72 bits per heavy atom. The van der Waals surface area contributed by atoms with Crippen LogP contribution in [-0.4, -0.2) is 26.1 Å². The van der Waals surface area contributed by atoms with Crippen molar-refractivity contribution in [3.05, 3.63) is 29.8 Å². The summed E-state index contributed by atoms with van der Waals surface area (Å²) in [6.07, 6.45) is 1.23. The summed E-state index contributed by atoms with van der Waals surface area (Å²) in [4.78, 5) is 10.8. The molecule has 3 atom stereocenters. The summed E-state index contributed by atoms with van der Waals surface area (Å²) in [5.41, 5.74) is 0.943. The maximum atomic E-state index is 10.8. The molecule has 0 aromatic heterocycles. The topological polar surface area (TPSA) is 44.8 Å². The standard InChI is InChI=1S/C14H18O4/c1-10(9-15)13-7-8-17-14(18-13)11-3-5-12(16-2)6-4-11/h3-6,9-10,13-14H,7-8H2,1-2H3/t10-,13+,14?/m0/s1. The van der Waals surface area contributed by atoms with Crippen molar-refractivity contribution in [2.75, 3.05) is 13.7 Å². The normalized spacial score (nSPS) is 25.4. The molecule has 0 spiro atoms. The van der Waals surface area contributed by atoms with Gasteiger partial charge in [-0.2, -0.15) is 0 Å². The fourth-order valence-corrected chi connectivity index (χ4v) is 1.97. The summed E-state index contributed by atoms with van der Waals surface area (Å²) in [7, 11) is 1.63. The van der Waals surface area contributed by atoms with E-state index in [0.29, 0.717) is 6.61 Å². The summed E-state index contributed by atoms with van der Waals surface area (Å²) in [5, 5.41) is 0. The molecule has 1 unspecified atom stereocenters. The number of benzene rings is 1. The van der Waals surface area contributed by atoms with Crippen LogP contribution in [-0.2, 0) is 14.3 Å². The average molecular weight is 250 g/mol. The Morgan fingerprint density at radius 2 is 2.11 bits per heavy atom. The highest BCUT2D eigenvalue weighted by Crippen LogP contribution is 2.29. The highest BCUT2D eigenvalue weighted by atomic mass is 16.7. The van der Waals surface area contributed by atoms with Gasteiger partial charge in [0.2, 0.25) is 0 Å². The minimum Gasteiger partial charge on any atom is -0.497 e. The van der Waals surface area contributed by atoms with Gasteiger partial charge in [0.15, 0.2) is 6.29 Å². The summed E-state index contributed by atoms with van der Waals surface area (Å²) in [5.74, 6) is 0.696. The molecule has 1 fully saturated rings. The summed E-state index contributed by atoms with van der Waals surface area (Å²) in [6.45, 7) is 2.48. The van der Waals surface area contributed by atoms with Crippen LogP contribution >= 0.6 is 0 Å². The lowest BCUT2D eigenvalue weighted by Crippen LogP contribution is -2.32. The molecule has 0 aliphatic carbocycles. The van der Waals surface area contributed by atoms with Crippen LogP contribution in [0.4, 0.5) is 0 Å². The lowest BCUT2D eigenvalue weighted by atomic mass is 10.0. The van der Waals surface area contributed by atoms with E-state index < -0.39 is 6.29 Å². The van der Waals surface area contributed by atoms with E-state index in [2.05, 4.69) is 0 Å². The van der Waals surface area contributed by atoms with Crippen molar-refractivity contribution in [2.45, 2.75) is 25.7 Å². The van der Waals surface area contributed by atoms with Gasteiger partial charge in [-0.25, -0.2) is 0 Å². The molecule has 1 aromatic rings. The molecule has 0 bridgehead atoms. The van der Waals surface area contributed by atoms with Crippen molar-refractivity contribution in [1.82, 2.24) is 0 Å². The van der Waals surface area contributed by atoms with Crippen molar-refractivity contribution in [3.63, 3.8) is 0 Å². The number of carbonyl (C=O) groups is 1. The zero-order chi connectivity index (χ0) is 13.0. The first-order valence-electron chi connectivity index (χ1n) is 6.11. The molecule has 4 heteroatoms. The first kappa shape index (κ1) is 13.1. The van der Waals surface area contributed by atoms with Gasteiger partial charge in [-0.05, 0) is 18.6 Å². The Kier molecular flexibility index (Phi) is 4.33. The highest BCUT2D eigenvalue weighted by Gasteiger charge is 2.27. The quantitative estimate of drug-likeness (QED) is 0.769.